The topological polar surface area (TPSA) is 116 Å². The van der Waals surface area contributed by atoms with Crippen molar-refractivity contribution in [2.75, 3.05) is 11.1 Å². The number of ether oxygens (including phenoxy) is 1. The first kappa shape index (κ1) is 18.0. The van der Waals surface area contributed by atoms with Gasteiger partial charge < -0.3 is 15.8 Å². The second-order valence-corrected chi connectivity index (χ2v) is 6.76. The molecule has 0 saturated carbocycles. The highest BCUT2D eigenvalue weighted by Gasteiger charge is 2.11. The molecule has 1 aromatic carbocycles. The highest BCUT2D eigenvalue weighted by Crippen LogP contribution is 2.17. The lowest BCUT2D eigenvalue weighted by atomic mass is 10.3. The maximum absolute atomic E-state index is 11.9. The summed E-state index contributed by atoms with van der Waals surface area (Å²) in [4.78, 5) is 28.3. The van der Waals surface area contributed by atoms with Gasteiger partial charge in [0, 0.05) is 16.1 Å². The molecule has 8 nitrogen and oxygen atoms in total. The molecular weight excluding hydrogens is 376 g/mol. The average Bonchev–Trinajstić information content (AvgIpc) is 2.99. The molecule has 10 heteroatoms. The van der Waals surface area contributed by atoms with Crippen LogP contribution in [0, 0.1) is 6.92 Å². The van der Waals surface area contributed by atoms with Crippen LogP contribution in [0.4, 0.5) is 17.6 Å². The van der Waals surface area contributed by atoms with Crippen LogP contribution in [0.25, 0.3) is 0 Å². The molecule has 0 aliphatic carbocycles. The number of hydrogen-bond acceptors (Lipinski definition) is 9. The van der Waals surface area contributed by atoms with Gasteiger partial charge >= 0.3 is 5.97 Å². The number of rotatable bonds is 6. The Labute approximate surface area is 158 Å². The van der Waals surface area contributed by atoms with Crippen molar-refractivity contribution in [3.8, 4) is 0 Å². The third-order valence-electron chi connectivity index (χ3n) is 3.15. The number of benzene rings is 1. The molecule has 3 rings (SSSR count). The Morgan fingerprint density at radius 1 is 1.23 bits per heavy atom. The molecule has 0 aliphatic heterocycles. The molecule has 3 aromatic rings. The van der Waals surface area contributed by atoms with Crippen molar-refractivity contribution < 1.29 is 9.53 Å². The maximum Gasteiger partial charge on any atom is 0.312 e. The molecule has 0 spiro atoms. The van der Waals surface area contributed by atoms with Gasteiger partial charge in [-0.15, -0.1) is 11.3 Å². The third-order valence-corrected chi connectivity index (χ3v) is 4.23. The summed E-state index contributed by atoms with van der Waals surface area (Å²) in [6, 6.07) is 7.02. The van der Waals surface area contributed by atoms with E-state index in [9.17, 15) is 4.79 Å². The monoisotopic (exact) mass is 390 g/mol. The van der Waals surface area contributed by atoms with Crippen LogP contribution in [0.1, 0.15) is 16.5 Å². The summed E-state index contributed by atoms with van der Waals surface area (Å²) in [5, 5.41) is 6.34. The quantitative estimate of drug-likeness (QED) is 0.617. The second kappa shape index (κ2) is 8.07. The minimum atomic E-state index is -0.415. The van der Waals surface area contributed by atoms with Crippen molar-refractivity contribution in [1.82, 2.24) is 19.9 Å². The zero-order valence-electron chi connectivity index (χ0n) is 13.8. The molecule has 0 amide bonds. The lowest BCUT2D eigenvalue weighted by molar-refractivity contribution is -0.144. The molecule has 0 radical (unpaired) electrons. The van der Waals surface area contributed by atoms with Gasteiger partial charge in [0.2, 0.25) is 11.9 Å². The zero-order chi connectivity index (χ0) is 18.5. The fraction of sp³-hybridized carbons (Fsp3) is 0.188. The van der Waals surface area contributed by atoms with Gasteiger partial charge in [-0.1, -0.05) is 11.6 Å². The summed E-state index contributed by atoms with van der Waals surface area (Å²) in [6.07, 6.45) is 0.0980. The van der Waals surface area contributed by atoms with Crippen LogP contribution in [-0.4, -0.2) is 25.9 Å². The SMILES string of the molecule is Cc1nc(CC(=O)OCc2nc(N)nc(Nc3ccc(Cl)cc3)n2)cs1. The standard InChI is InChI=1S/C16H15ClN6O2S/c1-9-19-12(8-26-9)6-14(24)25-7-13-21-15(18)23-16(22-13)20-11-4-2-10(17)3-5-11/h2-5,8H,6-7H2,1H3,(H3,18,20,21,22,23). The molecule has 0 unspecified atom stereocenters. The minimum absolute atomic E-state index is 0.0256. The highest BCUT2D eigenvalue weighted by molar-refractivity contribution is 7.09. The Hall–Kier alpha value is -2.78. The van der Waals surface area contributed by atoms with E-state index in [4.69, 9.17) is 22.1 Å². The normalized spacial score (nSPS) is 10.5. The number of halogens is 1. The van der Waals surface area contributed by atoms with Crippen LogP contribution in [-0.2, 0) is 22.6 Å². The van der Waals surface area contributed by atoms with Gasteiger partial charge in [0.15, 0.2) is 12.4 Å². The lowest BCUT2D eigenvalue weighted by Crippen LogP contribution is -2.12. The number of carbonyl (C=O) groups is 1. The van der Waals surface area contributed by atoms with Crippen LogP contribution in [0.5, 0.6) is 0 Å². The summed E-state index contributed by atoms with van der Waals surface area (Å²) in [5.41, 5.74) is 7.11. The lowest BCUT2D eigenvalue weighted by Gasteiger charge is -2.08. The zero-order valence-corrected chi connectivity index (χ0v) is 15.3. The van der Waals surface area contributed by atoms with Crippen molar-refractivity contribution in [1.29, 1.82) is 0 Å². The number of aromatic nitrogens is 4. The fourth-order valence-electron chi connectivity index (χ4n) is 2.05. The van der Waals surface area contributed by atoms with Gasteiger partial charge in [0.25, 0.3) is 0 Å². The summed E-state index contributed by atoms with van der Waals surface area (Å²) >= 11 is 7.34. The molecule has 0 aliphatic rings. The third kappa shape index (κ3) is 5.11. The number of nitrogen functional groups attached to an aromatic ring is 1. The van der Waals surface area contributed by atoms with Crippen LogP contribution < -0.4 is 11.1 Å². The first-order valence-electron chi connectivity index (χ1n) is 7.57. The van der Waals surface area contributed by atoms with Gasteiger partial charge in [0.05, 0.1) is 17.1 Å². The van der Waals surface area contributed by atoms with Crippen molar-refractivity contribution in [2.24, 2.45) is 0 Å². The molecule has 0 bridgehead atoms. The Morgan fingerprint density at radius 3 is 2.69 bits per heavy atom. The van der Waals surface area contributed by atoms with Crippen LogP contribution in [0.2, 0.25) is 5.02 Å². The van der Waals surface area contributed by atoms with Gasteiger partial charge in [-0.05, 0) is 31.2 Å². The molecule has 134 valence electrons. The van der Waals surface area contributed by atoms with E-state index in [0.717, 1.165) is 10.7 Å². The van der Waals surface area contributed by atoms with Crippen molar-refractivity contribution in [3.05, 3.63) is 51.2 Å². The van der Waals surface area contributed by atoms with E-state index in [-0.39, 0.29) is 30.7 Å². The maximum atomic E-state index is 11.9. The number of aryl methyl sites for hydroxylation is 1. The molecule has 0 atom stereocenters. The minimum Gasteiger partial charge on any atom is -0.457 e. The molecular formula is C16H15ClN6O2S. The summed E-state index contributed by atoms with van der Waals surface area (Å²) < 4.78 is 5.19. The number of carbonyl (C=O) groups excluding carboxylic acids is 1. The Morgan fingerprint density at radius 2 is 2.00 bits per heavy atom. The Balaban J connectivity index is 1.61. The number of nitrogens with two attached hydrogens (primary N) is 1. The first-order valence-corrected chi connectivity index (χ1v) is 8.83. The van der Waals surface area contributed by atoms with Gasteiger partial charge in [-0.2, -0.15) is 15.0 Å². The smallest absolute Gasteiger partial charge is 0.312 e. The van der Waals surface area contributed by atoms with Gasteiger partial charge in [0.1, 0.15) is 0 Å². The van der Waals surface area contributed by atoms with Crippen molar-refractivity contribution in [2.45, 2.75) is 20.0 Å². The predicted molar refractivity (Wildman–Crippen MR) is 99.3 cm³/mol. The summed E-state index contributed by atoms with van der Waals surface area (Å²) in [5.74, 6) is 0.108. The van der Waals surface area contributed by atoms with E-state index in [1.807, 2.05) is 12.3 Å². The van der Waals surface area contributed by atoms with Crippen molar-refractivity contribution >= 4 is 46.5 Å². The Bertz CT molecular complexity index is 915. The van der Waals surface area contributed by atoms with Crippen molar-refractivity contribution in [3.63, 3.8) is 0 Å². The van der Waals surface area contributed by atoms with E-state index < -0.39 is 5.97 Å². The fourth-order valence-corrected chi connectivity index (χ4v) is 2.79. The molecule has 0 fully saturated rings. The summed E-state index contributed by atoms with van der Waals surface area (Å²) in [7, 11) is 0. The van der Waals surface area contributed by atoms with Crippen LogP contribution >= 0.6 is 22.9 Å². The van der Waals surface area contributed by atoms with Gasteiger partial charge in [-0.3, -0.25) is 4.79 Å². The highest BCUT2D eigenvalue weighted by atomic mass is 35.5. The van der Waals surface area contributed by atoms with Crippen LogP contribution in [0.15, 0.2) is 29.6 Å². The van der Waals surface area contributed by atoms with E-state index in [0.29, 0.717) is 10.7 Å². The Kier molecular flexibility index (Phi) is 5.59. The number of nitrogens with one attached hydrogen (secondary N) is 1. The van der Waals surface area contributed by atoms with E-state index >= 15 is 0 Å². The largest absolute Gasteiger partial charge is 0.457 e. The second-order valence-electron chi connectivity index (χ2n) is 5.26. The summed E-state index contributed by atoms with van der Waals surface area (Å²) in [6.45, 7) is 1.77. The number of nitrogens with zero attached hydrogens (tertiary/aromatic N) is 4. The van der Waals surface area contributed by atoms with E-state index in [2.05, 4.69) is 25.3 Å². The van der Waals surface area contributed by atoms with Crippen LogP contribution in [0.3, 0.4) is 0 Å². The van der Waals surface area contributed by atoms with E-state index in [1.54, 1.807) is 24.3 Å². The average molecular weight is 391 g/mol. The van der Waals surface area contributed by atoms with E-state index in [1.165, 1.54) is 11.3 Å². The molecule has 2 aromatic heterocycles. The molecule has 26 heavy (non-hydrogen) atoms. The predicted octanol–water partition coefficient (Wildman–Crippen LogP) is 2.90. The molecule has 2 heterocycles. The first-order chi connectivity index (χ1) is 12.5. The number of anilines is 3. The van der Waals surface area contributed by atoms with Gasteiger partial charge in [-0.25, -0.2) is 4.98 Å². The molecule has 0 saturated heterocycles. The molecule has 3 N–H and O–H groups in total. The number of thiazole rings is 1. The number of esters is 1. The number of hydrogen-bond donors (Lipinski definition) is 2.